The molecule has 1 fully saturated rings. The third kappa shape index (κ3) is 3.80. The summed E-state index contributed by atoms with van der Waals surface area (Å²) in [5.41, 5.74) is 5.57. The van der Waals surface area contributed by atoms with E-state index in [1.54, 1.807) is 6.92 Å². The molecule has 2 unspecified atom stereocenters. The van der Waals surface area contributed by atoms with Gasteiger partial charge in [-0.15, -0.1) is 0 Å². The van der Waals surface area contributed by atoms with Gasteiger partial charge in [0, 0.05) is 12.6 Å². The van der Waals surface area contributed by atoms with Gasteiger partial charge in [0.2, 0.25) is 0 Å². The number of rotatable bonds is 5. The van der Waals surface area contributed by atoms with Crippen molar-refractivity contribution in [3.8, 4) is 0 Å². The molecule has 15 heavy (non-hydrogen) atoms. The highest BCUT2D eigenvalue weighted by molar-refractivity contribution is 5.69. The van der Waals surface area contributed by atoms with Gasteiger partial charge in [-0.1, -0.05) is 13.3 Å². The highest BCUT2D eigenvalue weighted by atomic mass is 16.4. The van der Waals surface area contributed by atoms with Crippen molar-refractivity contribution in [3.63, 3.8) is 0 Å². The lowest BCUT2D eigenvalue weighted by Crippen LogP contribution is -2.44. The zero-order chi connectivity index (χ0) is 11.3. The van der Waals surface area contributed by atoms with E-state index in [0.29, 0.717) is 19.1 Å². The fourth-order valence-corrected chi connectivity index (χ4v) is 2.25. The van der Waals surface area contributed by atoms with Gasteiger partial charge in [0.25, 0.3) is 0 Å². The van der Waals surface area contributed by atoms with Gasteiger partial charge in [0.05, 0.1) is 5.92 Å². The number of hydrogen-bond donors (Lipinski definition) is 2. The molecular weight excluding hydrogens is 192 g/mol. The minimum Gasteiger partial charge on any atom is -0.481 e. The van der Waals surface area contributed by atoms with Crippen LogP contribution in [-0.2, 0) is 4.79 Å². The lowest BCUT2D eigenvalue weighted by molar-refractivity contribution is -0.142. The zero-order valence-corrected chi connectivity index (χ0v) is 9.48. The first-order chi connectivity index (χ1) is 7.15. The van der Waals surface area contributed by atoms with Crippen LogP contribution in [0.2, 0.25) is 0 Å². The summed E-state index contributed by atoms with van der Waals surface area (Å²) in [5.74, 6) is -0.976. The maximum atomic E-state index is 10.8. The van der Waals surface area contributed by atoms with Crippen LogP contribution in [0.1, 0.15) is 32.6 Å². The molecule has 4 nitrogen and oxygen atoms in total. The lowest BCUT2D eigenvalue weighted by Gasteiger charge is -2.36. The van der Waals surface area contributed by atoms with Crippen molar-refractivity contribution in [2.24, 2.45) is 11.7 Å². The maximum absolute atomic E-state index is 10.8. The largest absolute Gasteiger partial charge is 0.481 e. The third-order valence-corrected chi connectivity index (χ3v) is 3.18. The number of nitrogens with zero attached hydrogens (tertiary/aromatic N) is 1. The van der Waals surface area contributed by atoms with Gasteiger partial charge in [0.15, 0.2) is 0 Å². The van der Waals surface area contributed by atoms with Crippen LogP contribution in [-0.4, -0.2) is 41.7 Å². The average molecular weight is 214 g/mol. The van der Waals surface area contributed by atoms with E-state index in [9.17, 15) is 4.79 Å². The molecule has 88 valence electrons. The monoisotopic (exact) mass is 214 g/mol. The number of nitrogens with two attached hydrogens (primary N) is 1. The first-order valence-corrected chi connectivity index (χ1v) is 5.82. The summed E-state index contributed by atoms with van der Waals surface area (Å²) < 4.78 is 0. The Kier molecular flexibility index (Phi) is 5.05. The Bertz CT molecular complexity index is 207. The highest BCUT2D eigenvalue weighted by Gasteiger charge is 2.24. The Morgan fingerprint density at radius 2 is 2.33 bits per heavy atom. The molecule has 3 N–H and O–H groups in total. The van der Waals surface area contributed by atoms with Gasteiger partial charge >= 0.3 is 5.97 Å². The van der Waals surface area contributed by atoms with E-state index in [1.165, 1.54) is 19.3 Å². The molecule has 1 aliphatic rings. The number of carbonyl (C=O) groups is 1. The smallest absolute Gasteiger partial charge is 0.307 e. The molecule has 2 atom stereocenters. The van der Waals surface area contributed by atoms with Gasteiger partial charge in [0.1, 0.15) is 0 Å². The second-order valence-corrected chi connectivity index (χ2v) is 4.46. The van der Waals surface area contributed by atoms with Gasteiger partial charge in [-0.2, -0.15) is 0 Å². The van der Waals surface area contributed by atoms with Crippen LogP contribution in [0.3, 0.4) is 0 Å². The van der Waals surface area contributed by atoms with Crippen molar-refractivity contribution in [2.45, 2.75) is 38.6 Å². The van der Waals surface area contributed by atoms with Crippen molar-refractivity contribution in [1.82, 2.24) is 4.90 Å². The average Bonchev–Trinajstić information content (AvgIpc) is 2.21. The van der Waals surface area contributed by atoms with Crippen molar-refractivity contribution < 1.29 is 9.90 Å². The van der Waals surface area contributed by atoms with Crippen LogP contribution in [0.5, 0.6) is 0 Å². The number of likely N-dealkylation sites (tertiary alicyclic amines) is 1. The van der Waals surface area contributed by atoms with E-state index in [-0.39, 0.29) is 5.92 Å². The summed E-state index contributed by atoms with van der Waals surface area (Å²) in [5, 5.41) is 8.88. The molecule has 0 bridgehead atoms. The molecule has 0 aliphatic carbocycles. The standard InChI is InChI=1S/C11H22N2O2/c1-9(11(14)15)8-13-7-3-2-4-10(13)5-6-12/h9-10H,2-8,12H2,1H3,(H,14,15). The molecule has 0 aromatic carbocycles. The van der Waals surface area contributed by atoms with Crippen LogP contribution in [0.4, 0.5) is 0 Å². The second-order valence-electron chi connectivity index (χ2n) is 4.46. The lowest BCUT2D eigenvalue weighted by atomic mass is 9.98. The number of hydrogen-bond acceptors (Lipinski definition) is 3. The third-order valence-electron chi connectivity index (χ3n) is 3.18. The van der Waals surface area contributed by atoms with Gasteiger partial charge in [-0.3, -0.25) is 9.69 Å². The number of carboxylic acids is 1. The normalized spacial score (nSPS) is 25.1. The fourth-order valence-electron chi connectivity index (χ4n) is 2.25. The second kappa shape index (κ2) is 6.08. The summed E-state index contributed by atoms with van der Waals surface area (Å²) in [4.78, 5) is 13.1. The van der Waals surface area contributed by atoms with Gasteiger partial charge in [-0.25, -0.2) is 0 Å². The first kappa shape index (κ1) is 12.5. The van der Waals surface area contributed by atoms with E-state index < -0.39 is 5.97 Å². The molecule has 4 heteroatoms. The molecule has 1 rings (SSSR count). The zero-order valence-electron chi connectivity index (χ0n) is 9.48. The Balaban J connectivity index is 2.45. The summed E-state index contributed by atoms with van der Waals surface area (Å²) >= 11 is 0. The van der Waals surface area contributed by atoms with E-state index in [0.717, 1.165) is 13.0 Å². The molecular formula is C11H22N2O2. The summed E-state index contributed by atoms with van der Waals surface area (Å²) in [6.07, 6.45) is 4.60. The Morgan fingerprint density at radius 1 is 1.60 bits per heavy atom. The van der Waals surface area contributed by atoms with Crippen molar-refractivity contribution in [1.29, 1.82) is 0 Å². The van der Waals surface area contributed by atoms with E-state index in [2.05, 4.69) is 4.90 Å². The summed E-state index contributed by atoms with van der Waals surface area (Å²) in [7, 11) is 0. The summed E-state index contributed by atoms with van der Waals surface area (Å²) in [6, 6.07) is 0.505. The van der Waals surface area contributed by atoms with Crippen LogP contribution >= 0.6 is 0 Å². The van der Waals surface area contributed by atoms with Crippen LogP contribution in [0.15, 0.2) is 0 Å². The van der Waals surface area contributed by atoms with Crippen LogP contribution in [0.25, 0.3) is 0 Å². The minimum atomic E-state index is -0.702. The molecule has 1 heterocycles. The molecule has 0 radical (unpaired) electrons. The van der Waals surface area contributed by atoms with E-state index >= 15 is 0 Å². The number of carboxylic acid groups (broad SMARTS) is 1. The number of aliphatic carboxylic acids is 1. The number of piperidine rings is 1. The maximum Gasteiger partial charge on any atom is 0.307 e. The Labute approximate surface area is 91.4 Å². The Hall–Kier alpha value is -0.610. The quantitative estimate of drug-likeness (QED) is 0.714. The highest BCUT2D eigenvalue weighted by Crippen LogP contribution is 2.20. The topological polar surface area (TPSA) is 66.6 Å². The predicted octanol–water partition coefficient (Wildman–Crippen LogP) is 0.910. The van der Waals surface area contributed by atoms with Crippen LogP contribution < -0.4 is 5.73 Å². The summed E-state index contributed by atoms with van der Waals surface area (Å²) in [6.45, 7) is 4.17. The Morgan fingerprint density at radius 3 is 2.93 bits per heavy atom. The molecule has 0 aromatic rings. The van der Waals surface area contributed by atoms with Gasteiger partial charge in [-0.05, 0) is 32.4 Å². The first-order valence-electron chi connectivity index (χ1n) is 5.82. The SMILES string of the molecule is CC(CN1CCCCC1CCN)C(=O)O. The predicted molar refractivity (Wildman–Crippen MR) is 59.7 cm³/mol. The van der Waals surface area contributed by atoms with Crippen molar-refractivity contribution in [2.75, 3.05) is 19.6 Å². The molecule has 1 saturated heterocycles. The van der Waals surface area contributed by atoms with Crippen molar-refractivity contribution in [3.05, 3.63) is 0 Å². The molecule has 0 amide bonds. The van der Waals surface area contributed by atoms with E-state index in [1.807, 2.05) is 0 Å². The fraction of sp³-hybridized carbons (Fsp3) is 0.909. The van der Waals surface area contributed by atoms with Gasteiger partial charge < -0.3 is 10.8 Å². The van der Waals surface area contributed by atoms with E-state index in [4.69, 9.17) is 10.8 Å². The molecule has 0 saturated carbocycles. The molecule has 1 aliphatic heterocycles. The minimum absolute atomic E-state index is 0.275. The van der Waals surface area contributed by atoms with Crippen molar-refractivity contribution >= 4 is 5.97 Å². The van der Waals surface area contributed by atoms with Crippen LogP contribution in [0, 0.1) is 5.92 Å². The molecule has 0 aromatic heterocycles. The molecule has 0 spiro atoms.